The number of nitrogens with zero attached hydrogens (tertiary/aromatic N) is 1. The van der Waals surface area contributed by atoms with Crippen LogP contribution in [-0.2, 0) is 9.53 Å². The van der Waals surface area contributed by atoms with Gasteiger partial charge < -0.3 is 20.5 Å². The van der Waals surface area contributed by atoms with Crippen LogP contribution >= 0.6 is 0 Å². The second-order valence-electron chi connectivity index (χ2n) is 5.45. The van der Waals surface area contributed by atoms with Crippen LogP contribution in [0.2, 0.25) is 0 Å². The number of hydrogen-bond acceptors (Lipinski definition) is 4. The molecule has 2 amide bonds. The van der Waals surface area contributed by atoms with E-state index in [-0.39, 0.29) is 25.0 Å². The van der Waals surface area contributed by atoms with Gasteiger partial charge in [-0.1, -0.05) is 0 Å². The number of carboxylic acid groups (broad SMARTS) is 1. The molecule has 3 N–H and O–H groups in total. The van der Waals surface area contributed by atoms with Gasteiger partial charge in [-0.3, -0.25) is 9.69 Å². The lowest BCUT2D eigenvalue weighted by molar-refractivity contribution is -0.139. The highest BCUT2D eigenvalue weighted by atomic mass is 16.5. The van der Waals surface area contributed by atoms with Crippen molar-refractivity contribution >= 4 is 12.0 Å². The summed E-state index contributed by atoms with van der Waals surface area (Å²) in [6.07, 6.45) is 2.72. The van der Waals surface area contributed by atoms with E-state index in [1.165, 1.54) is 13.5 Å². The number of rotatable bonds is 6. The molecule has 2 aliphatic heterocycles. The van der Waals surface area contributed by atoms with E-state index in [1.807, 2.05) is 0 Å². The summed E-state index contributed by atoms with van der Waals surface area (Å²) >= 11 is 0. The number of aliphatic carboxylic acids is 1. The van der Waals surface area contributed by atoms with Crippen molar-refractivity contribution in [3.63, 3.8) is 0 Å². The van der Waals surface area contributed by atoms with Crippen LogP contribution in [0.15, 0.2) is 0 Å². The number of amides is 2. The molecule has 0 spiro atoms. The van der Waals surface area contributed by atoms with Crippen LogP contribution < -0.4 is 10.6 Å². The molecular weight excluding hydrogens is 262 g/mol. The summed E-state index contributed by atoms with van der Waals surface area (Å²) in [5.74, 6) is -0.934. The fraction of sp³-hybridized carbons (Fsp3) is 0.846. The van der Waals surface area contributed by atoms with E-state index < -0.39 is 12.1 Å². The molecule has 0 bridgehead atoms. The maximum absolute atomic E-state index is 11.9. The zero-order chi connectivity index (χ0) is 14.5. The molecular formula is C13H23N3O4. The molecule has 0 aromatic heterocycles. The maximum Gasteiger partial charge on any atom is 0.315 e. The number of nitrogens with one attached hydrogen (secondary N) is 2. The van der Waals surface area contributed by atoms with E-state index in [2.05, 4.69) is 15.5 Å². The molecule has 0 aliphatic carbocycles. The maximum atomic E-state index is 11.9. The molecule has 20 heavy (non-hydrogen) atoms. The summed E-state index contributed by atoms with van der Waals surface area (Å²) in [6, 6.07) is 0.437. The Morgan fingerprint density at radius 2 is 2.20 bits per heavy atom. The first-order valence-corrected chi connectivity index (χ1v) is 7.13. The fourth-order valence-corrected chi connectivity index (χ4v) is 3.11. The number of hydrogen-bond donors (Lipinski definition) is 3. The number of ether oxygens (including phenoxy) is 1. The topological polar surface area (TPSA) is 90.9 Å². The van der Waals surface area contributed by atoms with E-state index in [0.29, 0.717) is 6.04 Å². The summed E-state index contributed by atoms with van der Waals surface area (Å²) in [6.45, 7) is 2.39. The van der Waals surface area contributed by atoms with Gasteiger partial charge in [0.1, 0.15) is 0 Å². The molecule has 7 heteroatoms. The first kappa shape index (κ1) is 15.1. The third-order valence-electron chi connectivity index (χ3n) is 4.15. The quantitative estimate of drug-likeness (QED) is 0.639. The van der Waals surface area contributed by atoms with Gasteiger partial charge in [-0.05, 0) is 25.8 Å². The molecule has 7 nitrogen and oxygen atoms in total. The Labute approximate surface area is 118 Å². The van der Waals surface area contributed by atoms with Crippen LogP contribution in [0.4, 0.5) is 4.79 Å². The van der Waals surface area contributed by atoms with Crippen LogP contribution in [0.1, 0.15) is 25.7 Å². The van der Waals surface area contributed by atoms with Crippen molar-refractivity contribution in [2.24, 2.45) is 0 Å². The second-order valence-corrected chi connectivity index (χ2v) is 5.45. The largest absolute Gasteiger partial charge is 0.481 e. The molecule has 0 aromatic carbocycles. The molecule has 0 aromatic rings. The average molecular weight is 285 g/mol. The van der Waals surface area contributed by atoms with Gasteiger partial charge >= 0.3 is 12.0 Å². The zero-order valence-corrected chi connectivity index (χ0v) is 11.8. The van der Waals surface area contributed by atoms with Crippen molar-refractivity contribution in [3.8, 4) is 0 Å². The van der Waals surface area contributed by atoms with E-state index in [0.717, 1.165) is 25.9 Å². The van der Waals surface area contributed by atoms with Crippen LogP contribution in [0.5, 0.6) is 0 Å². The number of urea groups is 1. The summed E-state index contributed by atoms with van der Waals surface area (Å²) in [7, 11) is 1.45. The summed E-state index contributed by atoms with van der Waals surface area (Å²) in [5, 5.41) is 14.4. The summed E-state index contributed by atoms with van der Waals surface area (Å²) < 4.78 is 5.02. The van der Waals surface area contributed by atoms with Gasteiger partial charge in [0.05, 0.1) is 12.5 Å². The summed E-state index contributed by atoms with van der Waals surface area (Å²) in [5.41, 5.74) is 0. The van der Waals surface area contributed by atoms with Crippen LogP contribution in [-0.4, -0.2) is 66.9 Å². The van der Waals surface area contributed by atoms with Crippen molar-refractivity contribution in [3.05, 3.63) is 0 Å². The van der Waals surface area contributed by atoms with Gasteiger partial charge in [-0.2, -0.15) is 0 Å². The number of carboxylic acids is 1. The minimum absolute atomic E-state index is 0.114. The van der Waals surface area contributed by atoms with Crippen molar-refractivity contribution in [2.45, 2.75) is 43.9 Å². The highest BCUT2D eigenvalue weighted by molar-refractivity contribution is 5.74. The number of methoxy groups -OCH3 is 1. The average Bonchev–Trinajstić information content (AvgIpc) is 2.99. The Morgan fingerprint density at radius 3 is 2.90 bits per heavy atom. The van der Waals surface area contributed by atoms with Crippen molar-refractivity contribution in [2.75, 3.05) is 26.7 Å². The number of fused-ring (bicyclic) bond motifs is 1. The van der Waals surface area contributed by atoms with Gasteiger partial charge in [0, 0.05) is 32.3 Å². The van der Waals surface area contributed by atoms with Crippen molar-refractivity contribution < 1.29 is 19.4 Å². The molecule has 2 heterocycles. The highest BCUT2D eigenvalue weighted by Gasteiger charge is 2.37. The third kappa shape index (κ3) is 3.83. The van der Waals surface area contributed by atoms with Crippen molar-refractivity contribution in [1.82, 2.24) is 15.5 Å². The Kier molecular flexibility index (Phi) is 5.19. The standard InChI is InChI=1S/C13H23N3O4/c1-20-9(7-12(17)18)8-14-13(19)15-10-4-6-16-5-2-3-11(10)16/h9-11H,2-8H2,1H3,(H,17,18)(H2,14,15,19). The first-order chi connectivity index (χ1) is 9.60. The predicted octanol–water partition coefficient (Wildman–Crippen LogP) is 0.0120. The smallest absolute Gasteiger partial charge is 0.315 e. The molecule has 0 saturated carbocycles. The lowest BCUT2D eigenvalue weighted by atomic mass is 10.1. The molecule has 114 valence electrons. The van der Waals surface area contributed by atoms with Gasteiger partial charge in [-0.25, -0.2) is 4.79 Å². The SMILES string of the molecule is COC(CNC(=O)NC1CCN2CCCC12)CC(=O)O. The van der Waals surface area contributed by atoms with Gasteiger partial charge in [-0.15, -0.1) is 0 Å². The van der Waals surface area contributed by atoms with Gasteiger partial charge in [0.2, 0.25) is 0 Å². The Bertz CT molecular complexity index is 364. The number of carbonyl (C=O) groups is 2. The molecule has 2 rings (SSSR count). The monoisotopic (exact) mass is 285 g/mol. The fourth-order valence-electron chi connectivity index (χ4n) is 3.11. The molecule has 2 saturated heterocycles. The second kappa shape index (κ2) is 6.90. The van der Waals surface area contributed by atoms with E-state index >= 15 is 0 Å². The minimum atomic E-state index is -0.934. The first-order valence-electron chi connectivity index (χ1n) is 7.13. The van der Waals surface area contributed by atoms with Gasteiger partial charge in [0.15, 0.2) is 0 Å². The minimum Gasteiger partial charge on any atom is -0.481 e. The summed E-state index contributed by atoms with van der Waals surface area (Å²) in [4.78, 5) is 24.9. The zero-order valence-electron chi connectivity index (χ0n) is 11.8. The van der Waals surface area contributed by atoms with Gasteiger partial charge in [0.25, 0.3) is 0 Å². The number of carbonyl (C=O) groups excluding carboxylic acids is 1. The normalized spacial score (nSPS) is 27.1. The Balaban J connectivity index is 1.71. The van der Waals surface area contributed by atoms with Crippen LogP contribution in [0.3, 0.4) is 0 Å². The van der Waals surface area contributed by atoms with E-state index in [9.17, 15) is 9.59 Å². The molecule has 2 fully saturated rings. The molecule has 0 radical (unpaired) electrons. The Morgan fingerprint density at radius 1 is 1.40 bits per heavy atom. The lowest BCUT2D eigenvalue weighted by Gasteiger charge is -2.22. The van der Waals surface area contributed by atoms with Crippen LogP contribution in [0, 0.1) is 0 Å². The van der Waals surface area contributed by atoms with Crippen LogP contribution in [0.25, 0.3) is 0 Å². The molecule has 2 aliphatic rings. The third-order valence-corrected chi connectivity index (χ3v) is 4.15. The van der Waals surface area contributed by atoms with Crippen molar-refractivity contribution in [1.29, 1.82) is 0 Å². The predicted molar refractivity (Wildman–Crippen MR) is 72.6 cm³/mol. The van der Waals surface area contributed by atoms with E-state index in [4.69, 9.17) is 9.84 Å². The van der Waals surface area contributed by atoms with E-state index in [1.54, 1.807) is 0 Å². The lowest BCUT2D eigenvalue weighted by Crippen LogP contribution is -2.48. The molecule has 3 unspecified atom stereocenters. The highest BCUT2D eigenvalue weighted by Crippen LogP contribution is 2.27. The molecule has 3 atom stereocenters. The Hall–Kier alpha value is -1.34.